The third-order valence-electron chi connectivity index (χ3n) is 4.31. The van der Waals surface area contributed by atoms with Crippen molar-refractivity contribution in [2.45, 2.75) is 19.1 Å². The highest BCUT2D eigenvalue weighted by Crippen LogP contribution is 2.55. The SMILES string of the molecule is CCO[P@](=O)(OC)N(Cc1ccccc1)C[C@@]1(c2ccccc2)CO1. The molecule has 0 N–H and O–H groups in total. The smallest absolute Gasteiger partial charge is 0.363 e. The van der Waals surface area contributed by atoms with Crippen molar-refractivity contribution >= 4 is 7.75 Å². The van der Waals surface area contributed by atoms with Gasteiger partial charge in [0.15, 0.2) is 0 Å². The highest BCUT2D eigenvalue weighted by molar-refractivity contribution is 7.51. The fourth-order valence-corrected chi connectivity index (χ4v) is 4.47. The maximum Gasteiger partial charge on any atom is 0.408 e. The molecule has 1 saturated heterocycles. The van der Waals surface area contributed by atoms with Crippen LogP contribution < -0.4 is 0 Å². The average molecular weight is 361 g/mol. The summed E-state index contributed by atoms with van der Waals surface area (Å²) in [4.78, 5) is 0. The number of hydrogen-bond acceptors (Lipinski definition) is 4. The predicted molar refractivity (Wildman–Crippen MR) is 97.2 cm³/mol. The Labute approximate surface area is 149 Å². The van der Waals surface area contributed by atoms with Crippen LogP contribution in [0.25, 0.3) is 0 Å². The van der Waals surface area contributed by atoms with Crippen LogP contribution in [0.1, 0.15) is 18.1 Å². The number of epoxide rings is 1. The first-order valence-corrected chi connectivity index (χ1v) is 9.90. The van der Waals surface area contributed by atoms with Crippen LogP contribution >= 0.6 is 7.75 Å². The molecule has 0 amide bonds. The van der Waals surface area contributed by atoms with Crippen molar-refractivity contribution < 1.29 is 18.3 Å². The molecule has 1 fully saturated rings. The van der Waals surface area contributed by atoms with Crippen LogP contribution in [0.3, 0.4) is 0 Å². The molecule has 0 bridgehead atoms. The van der Waals surface area contributed by atoms with Crippen molar-refractivity contribution in [3.05, 3.63) is 71.8 Å². The van der Waals surface area contributed by atoms with Crippen molar-refractivity contribution in [2.75, 3.05) is 26.9 Å². The maximum absolute atomic E-state index is 13.2. The molecule has 0 spiro atoms. The van der Waals surface area contributed by atoms with Crippen LogP contribution in [0.5, 0.6) is 0 Å². The minimum absolute atomic E-state index is 0.315. The number of ether oxygens (including phenoxy) is 1. The van der Waals surface area contributed by atoms with Gasteiger partial charge in [-0.2, -0.15) is 0 Å². The van der Waals surface area contributed by atoms with Gasteiger partial charge in [0.1, 0.15) is 5.60 Å². The van der Waals surface area contributed by atoms with Crippen LogP contribution in [0, 0.1) is 0 Å². The number of nitrogens with zero attached hydrogens (tertiary/aromatic N) is 1. The molecule has 1 aliphatic heterocycles. The van der Waals surface area contributed by atoms with Gasteiger partial charge in [0.25, 0.3) is 0 Å². The molecule has 1 aliphatic rings. The summed E-state index contributed by atoms with van der Waals surface area (Å²) in [5.41, 5.74) is 1.66. The van der Waals surface area contributed by atoms with Gasteiger partial charge in [0.2, 0.25) is 0 Å². The van der Waals surface area contributed by atoms with Crippen LogP contribution in [0.15, 0.2) is 60.7 Å². The van der Waals surface area contributed by atoms with Gasteiger partial charge in [0, 0.05) is 20.2 Å². The minimum atomic E-state index is -3.40. The van der Waals surface area contributed by atoms with E-state index in [1.165, 1.54) is 7.11 Å². The molecule has 2 aromatic rings. The summed E-state index contributed by atoms with van der Waals surface area (Å²) in [6, 6.07) is 19.9. The first-order chi connectivity index (χ1) is 12.1. The molecule has 5 nitrogen and oxygen atoms in total. The standard InChI is InChI=1S/C19H24NO4P/c1-3-24-25(21,22-2)20(14-17-10-6-4-7-11-17)15-19(16-23-19)18-12-8-5-9-13-18/h4-13H,3,14-16H2,1-2H3/t19-,25+/m0/s1. The zero-order valence-electron chi connectivity index (χ0n) is 14.6. The molecule has 134 valence electrons. The molecular formula is C19H24NO4P. The van der Waals surface area contributed by atoms with E-state index >= 15 is 0 Å². The molecular weight excluding hydrogens is 337 g/mol. The fraction of sp³-hybridized carbons (Fsp3) is 0.368. The van der Waals surface area contributed by atoms with Gasteiger partial charge in [-0.3, -0.25) is 9.05 Å². The van der Waals surface area contributed by atoms with E-state index in [0.717, 1.165) is 11.1 Å². The molecule has 6 heteroatoms. The third-order valence-corrected chi connectivity index (χ3v) is 6.33. The van der Waals surface area contributed by atoms with E-state index in [9.17, 15) is 4.57 Å². The lowest BCUT2D eigenvalue weighted by Crippen LogP contribution is -2.32. The van der Waals surface area contributed by atoms with E-state index in [4.69, 9.17) is 13.8 Å². The summed E-state index contributed by atoms with van der Waals surface area (Å²) >= 11 is 0. The fourth-order valence-electron chi connectivity index (χ4n) is 2.91. The van der Waals surface area contributed by atoms with E-state index < -0.39 is 13.3 Å². The summed E-state index contributed by atoms with van der Waals surface area (Å²) in [5, 5.41) is 0. The molecule has 25 heavy (non-hydrogen) atoms. The van der Waals surface area contributed by atoms with Gasteiger partial charge >= 0.3 is 7.75 Å². The quantitative estimate of drug-likeness (QED) is 0.495. The van der Waals surface area contributed by atoms with E-state index in [1.54, 1.807) is 4.67 Å². The highest BCUT2D eigenvalue weighted by atomic mass is 31.2. The van der Waals surface area contributed by atoms with Crippen LogP contribution in [0.2, 0.25) is 0 Å². The average Bonchev–Trinajstić information content (AvgIpc) is 3.44. The summed E-state index contributed by atoms with van der Waals surface area (Å²) < 4.78 is 31.7. The number of rotatable bonds is 9. The minimum Gasteiger partial charge on any atom is -0.363 e. The molecule has 3 rings (SSSR count). The molecule has 0 saturated carbocycles. The predicted octanol–water partition coefficient (Wildman–Crippen LogP) is 4.21. The van der Waals surface area contributed by atoms with Gasteiger partial charge in [-0.05, 0) is 18.1 Å². The Hall–Kier alpha value is -1.49. The Morgan fingerprint density at radius 1 is 1.12 bits per heavy atom. The number of benzene rings is 2. The zero-order chi connectivity index (χ0) is 17.8. The van der Waals surface area contributed by atoms with Gasteiger partial charge in [-0.15, -0.1) is 0 Å². The van der Waals surface area contributed by atoms with Crippen molar-refractivity contribution in [2.24, 2.45) is 0 Å². The summed E-state index contributed by atoms with van der Waals surface area (Å²) in [6.07, 6.45) is 0. The van der Waals surface area contributed by atoms with Crippen LogP contribution in [0.4, 0.5) is 0 Å². The second-order valence-corrected chi connectivity index (χ2v) is 8.15. The second kappa shape index (κ2) is 7.81. The molecule has 2 aromatic carbocycles. The van der Waals surface area contributed by atoms with E-state index in [0.29, 0.717) is 26.3 Å². The third kappa shape index (κ3) is 4.20. The Bertz CT molecular complexity index is 719. The maximum atomic E-state index is 13.2. The van der Waals surface area contributed by atoms with Crippen molar-refractivity contribution in [3.8, 4) is 0 Å². The molecule has 0 aromatic heterocycles. The summed E-state index contributed by atoms with van der Waals surface area (Å²) in [6.45, 7) is 3.63. The highest BCUT2D eigenvalue weighted by Gasteiger charge is 2.50. The summed E-state index contributed by atoms with van der Waals surface area (Å²) in [7, 11) is -1.97. The molecule has 1 heterocycles. The lowest BCUT2D eigenvalue weighted by Gasteiger charge is -2.31. The monoisotopic (exact) mass is 361 g/mol. The van der Waals surface area contributed by atoms with Crippen molar-refractivity contribution in [1.29, 1.82) is 0 Å². The lowest BCUT2D eigenvalue weighted by molar-refractivity contribution is 0.159. The van der Waals surface area contributed by atoms with Crippen molar-refractivity contribution in [1.82, 2.24) is 4.67 Å². The zero-order valence-corrected chi connectivity index (χ0v) is 15.5. The van der Waals surface area contributed by atoms with E-state index in [1.807, 2.05) is 67.6 Å². The van der Waals surface area contributed by atoms with Gasteiger partial charge in [-0.1, -0.05) is 60.7 Å². The van der Waals surface area contributed by atoms with E-state index in [-0.39, 0.29) is 0 Å². The first kappa shape index (κ1) is 18.3. The van der Waals surface area contributed by atoms with E-state index in [2.05, 4.69) is 0 Å². The van der Waals surface area contributed by atoms with Gasteiger partial charge in [-0.25, -0.2) is 9.24 Å². The van der Waals surface area contributed by atoms with Crippen molar-refractivity contribution in [3.63, 3.8) is 0 Å². The Balaban J connectivity index is 1.87. The number of hydrogen-bond donors (Lipinski definition) is 0. The topological polar surface area (TPSA) is 51.3 Å². The molecule has 2 atom stereocenters. The first-order valence-electron chi connectivity index (χ1n) is 8.41. The Morgan fingerprint density at radius 3 is 2.24 bits per heavy atom. The summed E-state index contributed by atoms with van der Waals surface area (Å²) in [5.74, 6) is 0. The van der Waals surface area contributed by atoms with Gasteiger partial charge < -0.3 is 4.74 Å². The van der Waals surface area contributed by atoms with Crippen LogP contribution in [-0.2, 0) is 30.5 Å². The Kier molecular flexibility index (Phi) is 5.72. The normalized spacial score (nSPS) is 21.9. The van der Waals surface area contributed by atoms with Gasteiger partial charge in [0.05, 0.1) is 13.2 Å². The van der Waals surface area contributed by atoms with Crippen LogP contribution in [-0.4, -0.2) is 31.5 Å². The lowest BCUT2D eigenvalue weighted by atomic mass is 10.00. The second-order valence-electron chi connectivity index (χ2n) is 6.03. The largest absolute Gasteiger partial charge is 0.408 e. The molecule has 0 radical (unpaired) electrons. The Morgan fingerprint density at radius 2 is 1.72 bits per heavy atom. The molecule has 0 unspecified atom stereocenters. The molecule has 0 aliphatic carbocycles.